The van der Waals surface area contributed by atoms with Crippen molar-refractivity contribution in [3.63, 3.8) is 0 Å². The van der Waals surface area contributed by atoms with Crippen LogP contribution in [0.2, 0.25) is 0 Å². The Labute approximate surface area is 133 Å². The second-order valence-corrected chi connectivity index (χ2v) is 6.68. The van der Waals surface area contributed by atoms with E-state index in [0.717, 1.165) is 42.1 Å². The topological polar surface area (TPSA) is 55.1 Å². The van der Waals surface area contributed by atoms with Crippen LogP contribution < -0.4 is 11.1 Å². The Hall–Kier alpha value is -0.940. The molecule has 0 aromatic heterocycles. The van der Waals surface area contributed by atoms with Gasteiger partial charge in [-0.1, -0.05) is 59.5 Å². The van der Waals surface area contributed by atoms with Gasteiger partial charge in [0.2, 0.25) is 5.91 Å². The quantitative estimate of drug-likeness (QED) is 0.815. The predicted molar refractivity (Wildman–Crippen MR) is 88.3 cm³/mol. The van der Waals surface area contributed by atoms with Crippen molar-refractivity contribution in [1.29, 1.82) is 0 Å². The lowest BCUT2D eigenvalue weighted by Gasteiger charge is -2.34. The van der Waals surface area contributed by atoms with Crippen LogP contribution in [0.25, 0.3) is 0 Å². The maximum atomic E-state index is 12.5. The van der Waals surface area contributed by atoms with E-state index in [4.69, 9.17) is 18.0 Å². The standard InChI is InChI=1S/C15H19BrN2OS/c16-12-6-4-5-11(9-12)10-18-14(19)15(13(17)20)7-2-1-3-8-15/h4-6,9H,1-3,7-8,10H2,(H2,17,20)(H,18,19). The number of amides is 1. The van der Waals surface area contributed by atoms with Gasteiger partial charge in [-0.05, 0) is 30.5 Å². The SMILES string of the molecule is NC(=S)C1(C(=O)NCc2cccc(Br)c2)CCCCC1. The van der Waals surface area contributed by atoms with Crippen molar-refractivity contribution in [3.05, 3.63) is 34.3 Å². The fourth-order valence-electron chi connectivity index (χ4n) is 2.74. The Bertz CT molecular complexity index is 512. The van der Waals surface area contributed by atoms with Gasteiger partial charge in [0.1, 0.15) is 0 Å². The number of nitrogens with one attached hydrogen (secondary N) is 1. The second-order valence-electron chi connectivity index (χ2n) is 5.32. The van der Waals surface area contributed by atoms with Crippen molar-refractivity contribution in [2.24, 2.45) is 11.1 Å². The molecule has 0 radical (unpaired) electrons. The third kappa shape index (κ3) is 3.38. The molecule has 0 bridgehead atoms. The molecule has 0 spiro atoms. The minimum absolute atomic E-state index is 0.0234. The molecule has 1 aromatic rings. The molecule has 3 nitrogen and oxygen atoms in total. The van der Waals surface area contributed by atoms with Crippen molar-refractivity contribution < 1.29 is 4.79 Å². The maximum absolute atomic E-state index is 12.5. The molecule has 1 amide bonds. The number of carbonyl (C=O) groups is 1. The van der Waals surface area contributed by atoms with Gasteiger partial charge in [-0.25, -0.2) is 0 Å². The molecule has 1 saturated carbocycles. The summed E-state index contributed by atoms with van der Waals surface area (Å²) in [7, 11) is 0. The summed E-state index contributed by atoms with van der Waals surface area (Å²) in [6, 6.07) is 7.90. The first-order chi connectivity index (χ1) is 9.54. The van der Waals surface area contributed by atoms with Crippen LogP contribution in [0, 0.1) is 5.41 Å². The Balaban J connectivity index is 2.04. The summed E-state index contributed by atoms with van der Waals surface area (Å²) in [5, 5.41) is 2.99. The number of rotatable bonds is 4. The number of hydrogen-bond donors (Lipinski definition) is 2. The number of halogens is 1. The molecule has 0 heterocycles. The van der Waals surface area contributed by atoms with Crippen LogP contribution in [0.3, 0.4) is 0 Å². The van der Waals surface area contributed by atoms with E-state index in [9.17, 15) is 4.79 Å². The minimum atomic E-state index is -0.639. The summed E-state index contributed by atoms with van der Waals surface area (Å²) in [6.45, 7) is 0.503. The molecule has 1 aromatic carbocycles. The third-order valence-corrected chi connectivity index (χ3v) is 4.84. The lowest BCUT2D eigenvalue weighted by molar-refractivity contribution is -0.129. The molecule has 0 saturated heterocycles. The molecule has 1 aliphatic carbocycles. The molecule has 0 aliphatic heterocycles. The monoisotopic (exact) mass is 354 g/mol. The first-order valence-electron chi connectivity index (χ1n) is 6.87. The Morgan fingerprint density at radius 1 is 1.35 bits per heavy atom. The van der Waals surface area contributed by atoms with Gasteiger partial charge in [-0.3, -0.25) is 4.79 Å². The zero-order chi connectivity index (χ0) is 14.6. The lowest BCUT2D eigenvalue weighted by Crippen LogP contribution is -2.49. The Morgan fingerprint density at radius 3 is 2.65 bits per heavy atom. The molecular weight excluding hydrogens is 336 g/mol. The van der Waals surface area contributed by atoms with Gasteiger partial charge in [0.15, 0.2) is 0 Å². The van der Waals surface area contributed by atoms with Gasteiger partial charge in [0.05, 0.1) is 10.4 Å². The number of carbonyl (C=O) groups excluding carboxylic acids is 1. The van der Waals surface area contributed by atoms with Crippen LogP contribution in [0.4, 0.5) is 0 Å². The van der Waals surface area contributed by atoms with E-state index in [1.165, 1.54) is 0 Å². The minimum Gasteiger partial charge on any atom is -0.392 e. The first kappa shape index (κ1) is 15.4. The van der Waals surface area contributed by atoms with Gasteiger partial charge >= 0.3 is 0 Å². The van der Waals surface area contributed by atoms with Crippen molar-refractivity contribution in [1.82, 2.24) is 5.32 Å². The Kier molecular flexibility index (Phi) is 5.16. The zero-order valence-corrected chi connectivity index (χ0v) is 13.7. The van der Waals surface area contributed by atoms with Gasteiger partial charge < -0.3 is 11.1 Å². The van der Waals surface area contributed by atoms with E-state index >= 15 is 0 Å². The molecule has 0 atom stereocenters. The van der Waals surface area contributed by atoms with E-state index < -0.39 is 5.41 Å². The smallest absolute Gasteiger partial charge is 0.233 e. The van der Waals surface area contributed by atoms with Crippen LogP contribution in [-0.2, 0) is 11.3 Å². The van der Waals surface area contributed by atoms with E-state index in [1.807, 2.05) is 24.3 Å². The first-order valence-corrected chi connectivity index (χ1v) is 8.07. The zero-order valence-electron chi connectivity index (χ0n) is 11.3. The fourth-order valence-corrected chi connectivity index (χ4v) is 3.48. The predicted octanol–water partition coefficient (Wildman–Crippen LogP) is 3.30. The summed E-state index contributed by atoms with van der Waals surface area (Å²) in [4.78, 5) is 12.9. The highest BCUT2D eigenvalue weighted by molar-refractivity contribution is 9.10. The fraction of sp³-hybridized carbons (Fsp3) is 0.467. The molecule has 0 unspecified atom stereocenters. The van der Waals surface area contributed by atoms with Crippen LogP contribution in [0.1, 0.15) is 37.7 Å². The molecule has 5 heteroatoms. The van der Waals surface area contributed by atoms with E-state index in [-0.39, 0.29) is 5.91 Å². The molecule has 2 rings (SSSR count). The average molecular weight is 355 g/mol. The molecule has 1 aliphatic rings. The largest absolute Gasteiger partial charge is 0.392 e. The highest BCUT2D eigenvalue weighted by Gasteiger charge is 2.42. The summed E-state index contributed by atoms with van der Waals surface area (Å²) >= 11 is 8.59. The van der Waals surface area contributed by atoms with E-state index in [1.54, 1.807) is 0 Å². The summed E-state index contributed by atoms with van der Waals surface area (Å²) in [6.07, 6.45) is 4.73. The number of thiocarbonyl (C=S) groups is 1. The second kappa shape index (κ2) is 6.68. The van der Waals surface area contributed by atoms with Crippen LogP contribution in [0.15, 0.2) is 28.7 Å². The van der Waals surface area contributed by atoms with Crippen molar-refractivity contribution in [3.8, 4) is 0 Å². The number of nitrogens with two attached hydrogens (primary N) is 1. The van der Waals surface area contributed by atoms with Gasteiger partial charge in [-0.2, -0.15) is 0 Å². The van der Waals surface area contributed by atoms with E-state index in [0.29, 0.717) is 11.5 Å². The van der Waals surface area contributed by atoms with Gasteiger partial charge in [0, 0.05) is 11.0 Å². The number of hydrogen-bond acceptors (Lipinski definition) is 2. The van der Waals surface area contributed by atoms with Crippen molar-refractivity contribution >= 4 is 39.0 Å². The molecular formula is C15H19BrN2OS. The van der Waals surface area contributed by atoms with Crippen molar-refractivity contribution in [2.45, 2.75) is 38.6 Å². The number of benzene rings is 1. The Morgan fingerprint density at radius 2 is 2.05 bits per heavy atom. The summed E-state index contributed by atoms with van der Waals surface area (Å²) in [5.41, 5.74) is 6.28. The maximum Gasteiger partial charge on any atom is 0.233 e. The highest BCUT2D eigenvalue weighted by atomic mass is 79.9. The van der Waals surface area contributed by atoms with Crippen LogP contribution in [0.5, 0.6) is 0 Å². The average Bonchev–Trinajstić information content (AvgIpc) is 2.45. The summed E-state index contributed by atoms with van der Waals surface area (Å²) in [5.74, 6) is -0.0234. The molecule has 108 valence electrons. The normalized spacial score (nSPS) is 17.4. The van der Waals surface area contributed by atoms with Gasteiger partial charge in [-0.15, -0.1) is 0 Å². The van der Waals surface area contributed by atoms with Crippen LogP contribution >= 0.6 is 28.1 Å². The van der Waals surface area contributed by atoms with Crippen LogP contribution in [-0.4, -0.2) is 10.9 Å². The lowest BCUT2D eigenvalue weighted by atomic mass is 9.73. The van der Waals surface area contributed by atoms with Crippen molar-refractivity contribution in [2.75, 3.05) is 0 Å². The molecule has 20 heavy (non-hydrogen) atoms. The van der Waals surface area contributed by atoms with Gasteiger partial charge in [0.25, 0.3) is 0 Å². The van der Waals surface area contributed by atoms with E-state index in [2.05, 4.69) is 21.2 Å². The third-order valence-electron chi connectivity index (χ3n) is 3.96. The molecule has 1 fully saturated rings. The molecule has 3 N–H and O–H groups in total. The highest BCUT2D eigenvalue weighted by Crippen LogP contribution is 2.37. The summed E-state index contributed by atoms with van der Waals surface area (Å²) < 4.78 is 1.01.